The Morgan fingerprint density at radius 2 is 1.47 bits per heavy atom. The molecule has 0 amide bonds. The Bertz CT molecular complexity index is 511. The van der Waals surface area contributed by atoms with Crippen molar-refractivity contribution in [1.82, 2.24) is 0 Å². The molecule has 0 saturated heterocycles. The van der Waals surface area contributed by atoms with Gasteiger partial charge in [0, 0.05) is 0 Å². The number of guanidine groups is 1. The number of nitrogens with zero attached hydrogens (tertiary/aromatic N) is 1. The second-order valence-electron chi connectivity index (χ2n) is 7.73. The molecule has 30 heavy (non-hydrogen) atoms. The monoisotopic (exact) mass is 431 g/mol. The lowest BCUT2D eigenvalue weighted by Crippen LogP contribution is -2.47. The van der Waals surface area contributed by atoms with Crippen molar-refractivity contribution >= 4 is 11.9 Å². The van der Waals surface area contributed by atoms with Gasteiger partial charge in [-0.1, -0.05) is 64.0 Å². The first-order valence-electron chi connectivity index (χ1n) is 10.9. The Hall–Kier alpha value is -1.68. The van der Waals surface area contributed by atoms with Crippen LogP contribution in [0.3, 0.4) is 0 Å². The highest BCUT2D eigenvalue weighted by molar-refractivity contribution is 5.82. The van der Waals surface area contributed by atoms with Gasteiger partial charge in [-0.25, -0.2) is 9.79 Å². The van der Waals surface area contributed by atoms with E-state index in [0.717, 1.165) is 44.9 Å². The van der Waals surface area contributed by atoms with Gasteiger partial charge in [0.1, 0.15) is 18.3 Å². The molecular formula is C21H41N3O6. The number of aliphatic carboxylic acids is 1. The Labute approximate surface area is 179 Å². The molecule has 9 nitrogen and oxygen atoms in total. The van der Waals surface area contributed by atoms with E-state index in [1.807, 2.05) is 0 Å². The number of carboxylic acid groups (broad SMARTS) is 1. The first-order chi connectivity index (χ1) is 14.2. The molecule has 0 aliphatic heterocycles. The molecule has 0 heterocycles. The van der Waals surface area contributed by atoms with Crippen LogP contribution in [0.2, 0.25) is 0 Å². The molecule has 0 unspecified atom stereocenters. The van der Waals surface area contributed by atoms with Crippen molar-refractivity contribution in [2.75, 3.05) is 0 Å². The number of aliphatic hydroxyl groups is 4. The van der Waals surface area contributed by atoms with Gasteiger partial charge in [-0.2, -0.15) is 0 Å². The highest BCUT2D eigenvalue weighted by atomic mass is 16.4. The fourth-order valence-electron chi connectivity index (χ4n) is 3.12. The molecule has 176 valence electrons. The maximum atomic E-state index is 11.1. The van der Waals surface area contributed by atoms with Gasteiger partial charge in [0.2, 0.25) is 0 Å². The predicted molar refractivity (Wildman–Crippen MR) is 117 cm³/mol. The van der Waals surface area contributed by atoms with E-state index in [2.05, 4.69) is 11.9 Å². The molecule has 0 aromatic carbocycles. The third-order valence-electron chi connectivity index (χ3n) is 4.95. The third-order valence-corrected chi connectivity index (χ3v) is 4.95. The minimum Gasteiger partial charge on any atom is -0.480 e. The van der Waals surface area contributed by atoms with E-state index in [4.69, 9.17) is 16.6 Å². The molecule has 0 aromatic heterocycles. The molecule has 0 aliphatic rings. The van der Waals surface area contributed by atoms with Crippen LogP contribution in [0.25, 0.3) is 0 Å². The number of carbonyl (C=O) groups is 1. The summed E-state index contributed by atoms with van der Waals surface area (Å²) in [6.07, 6.45) is 8.67. The highest BCUT2D eigenvalue weighted by Gasteiger charge is 2.35. The van der Waals surface area contributed by atoms with Crippen LogP contribution in [0.5, 0.6) is 0 Å². The van der Waals surface area contributed by atoms with Crippen LogP contribution in [0.15, 0.2) is 17.1 Å². The van der Waals surface area contributed by atoms with Crippen LogP contribution in [-0.2, 0) is 4.79 Å². The van der Waals surface area contributed by atoms with Crippen LogP contribution >= 0.6 is 0 Å². The molecule has 9 heteroatoms. The van der Waals surface area contributed by atoms with E-state index in [0.29, 0.717) is 6.42 Å². The Morgan fingerprint density at radius 1 is 0.900 bits per heavy atom. The normalized spacial score (nSPS) is 16.7. The summed E-state index contributed by atoms with van der Waals surface area (Å²) in [7, 11) is 0. The molecular weight excluding hydrogens is 390 g/mol. The zero-order valence-corrected chi connectivity index (χ0v) is 18.1. The summed E-state index contributed by atoms with van der Waals surface area (Å²) >= 11 is 0. The first-order valence-corrected chi connectivity index (χ1v) is 10.9. The number of hydrogen-bond donors (Lipinski definition) is 7. The maximum Gasteiger partial charge on any atom is 0.331 e. The molecule has 0 rings (SSSR count). The summed E-state index contributed by atoms with van der Waals surface area (Å²) in [6, 6.07) is -1.77. The number of allylic oxidation sites excluding steroid dienone is 1. The standard InChI is InChI=1S/C21H41N3O6/c1-2-3-4-9-12-15(25)13-10-7-5-6-8-11-14-16(26)18(27)19(28)17(20(29)30)24-21(22)23/h11,14-19,25-28H,2-10,12-13H2,1H3,(H,29,30)(H4,22,23,24)/b14-11-/t15-,16+,17-,18-,19-/m1/s1. The van der Waals surface area contributed by atoms with Gasteiger partial charge in [0.25, 0.3) is 0 Å². The molecule has 5 atom stereocenters. The average Bonchev–Trinajstić information content (AvgIpc) is 2.69. The summed E-state index contributed by atoms with van der Waals surface area (Å²) in [6.45, 7) is 2.17. The van der Waals surface area contributed by atoms with E-state index in [1.165, 1.54) is 25.3 Å². The van der Waals surface area contributed by atoms with Crippen molar-refractivity contribution < 1.29 is 30.3 Å². The van der Waals surface area contributed by atoms with Gasteiger partial charge in [-0.15, -0.1) is 0 Å². The minimum atomic E-state index is -1.86. The first kappa shape index (κ1) is 28.3. The van der Waals surface area contributed by atoms with Crippen LogP contribution < -0.4 is 11.5 Å². The van der Waals surface area contributed by atoms with Gasteiger partial charge >= 0.3 is 5.97 Å². The van der Waals surface area contributed by atoms with Crippen molar-refractivity contribution in [2.45, 2.75) is 108 Å². The van der Waals surface area contributed by atoms with Crippen molar-refractivity contribution in [1.29, 1.82) is 0 Å². The minimum absolute atomic E-state index is 0.210. The van der Waals surface area contributed by atoms with Crippen molar-refractivity contribution in [2.24, 2.45) is 16.5 Å². The van der Waals surface area contributed by atoms with E-state index in [1.54, 1.807) is 6.08 Å². The van der Waals surface area contributed by atoms with E-state index < -0.39 is 36.3 Å². The van der Waals surface area contributed by atoms with E-state index in [9.17, 15) is 25.2 Å². The largest absolute Gasteiger partial charge is 0.480 e. The van der Waals surface area contributed by atoms with Crippen LogP contribution in [0, 0.1) is 0 Å². The number of unbranched alkanes of at least 4 members (excludes halogenated alkanes) is 7. The van der Waals surface area contributed by atoms with Crippen molar-refractivity contribution in [3.05, 3.63) is 12.2 Å². The summed E-state index contributed by atoms with van der Waals surface area (Å²) in [5.74, 6) is -2.06. The van der Waals surface area contributed by atoms with Crippen molar-refractivity contribution in [3.63, 3.8) is 0 Å². The molecule has 0 aliphatic carbocycles. The van der Waals surface area contributed by atoms with Crippen LogP contribution in [-0.4, -0.2) is 67.9 Å². The molecule has 9 N–H and O–H groups in total. The summed E-state index contributed by atoms with van der Waals surface area (Å²) < 4.78 is 0. The van der Waals surface area contributed by atoms with Gasteiger partial charge in [0.05, 0.1) is 6.10 Å². The highest BCUT2D eigenvalue weighted by Crippen LogP contribution is 2.14. The second kappa shape index (κ2) is 17.0. The maximum absolute atomic E-state index is 11.1. The van der Waals surface area contributed by atoms with E-state index in [-0.39, 0.29) is 6.10 Å². The smallest absolute Gasteiger partial charge is 0.331 e. The van der Waals surface area contributed by atoms with Crippen molar-refractivity contribution in [3.8, 4) is 0 Å². The lowest BCUT2D eigenvalue weighted by molar-refractivity contribution is -0.144. The lowest BCUT2D eigenvalue weighted by Gasteiger charge is -2.23. The SMILES string of the molecule is CCCCCC[C@@H](O)CCCCCC/C=C\[C@H](O)[C@@H](O)[C@H](O)[C@@H](N=C(N)N)C(=O)O. The molecule has 0 bridgehead atoms. The summed E-state index contributed by atoms with van der Waals surface area (Å²) in [4.78, 5) is 14.5. The number of aliphatic hydroxyl groups excluding tert-OH is 4. The molecule has 0 radical (unpaired) electrons. The number of carboxylic acids is 1. The lowest BCUT2D eigenvalue weighted by atomic mass is 10.0. The fraction of sp³-hybridized carbons (Fsp3) is 0.810. The summed E-state index contributed by atoms with van der Waals surface area (Å²) in [5.41, 5.74) is 10.2. The number of aliphatic imine (C=N–C) groups is 1. The topological polar surface area (TPSA) is 183 Å². The van der Waals surface area contributed by atoms with Crippen LogP contribution in [0.4, 0.5) is 0 Å². The zero-order chi connectivity index (χ0) is 22.9. The number of hydrogen-bond acceptors (Lipinski definition) is 6. The van der Waals surface area contributed by atoms with Gasteiger partial charge in [-0.3, -0.25) is 0 Å². The molecule has 0 fully saturated rings. The third kappa shape index (κ3) is 13.5. The average molecular weight is 432 g/mol. The second-order valence-corrected chi connectivity index (χ2v) is 7.73. The Morgan fingerprint density at radius 3 is 2.00 bits per heavy atom. The molecule has 0 aromatic rings. The van der Waals surface area contributed by atoms with Gasteiger partial charge in [-0.05, 0) is 25.7 Å². The zero-order valence-electron chi connectivity index (χ0n) is 18.1. The Balaban J connectivity index is 4.04. The number of rotatable bonds is 18. The quantitative estimate of drug-likeness (QED) is 0.0726. The van der Waals surface area contributed by atoms with E-state index >= 15 is 0 Å². The van der Waals surface area contributed by atoms with Gasteiger partial charge < -0.3 is 37.0 Å². The summed E-state index contributed by atoms with van der Waals surface area (Å²) in [5, 5.41) is 48.8. The fourth-order valence-corrected chi connectivity index (χ4v) is 3.12. The Kier molecular flexibility index (Phi) is 16.1. The molecule has 0 saturated carbocycles. The number of nitrogens with two attached hydrogens (primary N) is 2. The predicted octanol–water partition coefficient (Wildman–Crippen LogP) is 1.02. The van der Waals surface area contributed by atoms with Gasteiger partial charge in [0.15, 0.2) is 12.0 Å². The molecule has 0 spiro atoms. The van der Waals surface area contributed by atoms with Crippen LogP contribution in [0.1, 0.15) is 77.6 Å².